The smallest absolute Gasteiger partial charge is 0.326 e. The van der Waals surface area contributed by atoms with Crippen molar-refractivity contribution in [3.63, 3.8) is 0 Å². The lowest BCUT2D eigenvalue weighted by atomic mass is 10.3. The van der Waals surface area contributed by atoms with Crippen LogP contribution in [-0.4, -0.2) is 58.5 Å². The first-order chi connectivity index (χ1) is 9.38. The summed E-state index contributed by atoms with van der Waals surface area (Å²) in [7, 11) is 3.12. The molecule has 1 aliphatic rings. The van der Waals surface area contributed by atoms with Crippen molar-refractivity contribution in [2.45, 2.75) is 26.7 Å². The Morgan fingerprint density at radius 3 is 2.65 bits per heavy atom. The van der Waals surface area contributed by atoms with Crippen molar-refractivity contribution in [1.29, 1.82) is 0 Å². The van der Waals surface area contributed by atoms with Crippen molar-refractivity contribution in [1.82, 2.24) is 14.5 Å². The third-order valence-corrected chi connectivity index (χ3v) is 3.28. The third kappa shape index (κ3) is 2.11. The molecule has 0 fully saturated rings. The standard InChI is InChI=1S/C12H18N4O4/c1-5-20-8(17)6-16-7(2)13-10-9(16)11(18)15(4)12(19)14(10)3/h12,19H,5-6H2,1-4H3. The zero-order chi connectivity index (χ0) is 15.0. The number of aliphatic hydroxyl groups is 1. The van der Waals surface area contributed by atoms with Gasteiger partial charge in [-0.05, 0) is 13.8 Å². The minimum Gasteiger partial charge on any atom is -0.465 e. The summed E-state index contributed by atoms with van der Waals surface area (Å²) in [6, 6.07) is 0. The van der Waals surface area contributed by atoms with Gasteiger partial charge in [0.05, 0.1) is 6.61 Å². The van der Waals surface area contributed by atoms with Gasteiger partial charge in [-0.3, -0.25) is 14.5 Å². The molecule has 2 heterocycles. The highest BCUT2D eigenvalue weighted by Crippen LogP contribution is 2.28. The number of imidazole rings is 1. The molecule has 1 aliphatic heterocycles. The van der Waals surface area contributed by atoms with Gasteiger partial charge in [0.25, 0.3) is 5.91 Å². The maximum Gasteiger partial charge on any atom is 0.326 e. The first-order valence-corrected chi connectivity index (χ1v) is 6.29. The van der Waals surface area contributed by atoms with Crippen LogP contribution in [0.4, 0.5) is 5.82 Å². The van der Waals surface area contributed by atoms with E-state index in [1.54, 1.807) is 20.9 Å². The van der Waals surface area contributed by atoms with Crippen molar-refractivity contribution in [2.24, 2.45) is 0 Å². The SMILES string of the molecule is CCOC(=O)Cn1c(C)nc2c1C(=O)N(C)C(O)N2C. The molecular formula is C12H18N4O4. The molecule has 0 saturated heterocycles. The van der Waals surface area contributed by atoms with Gasteiger partial charge >= 0.3 is 5.97 Å². The molecule has 0 aliphatic carbocycles. The van der Waals surface area contributed by atoms with Gasteiger partial charge in [-0.25, -0.2) is 4.98 Å². The Kier molecular flexibility index (Phi) is 3.67. The monoisotopic (exact) mass is 282 g/mol. The highest BCUT2D eigenvalue weighted by Gasteiger charge is 2.37. The van der Waals surface area contributed by atoms with Crippen LogP contribution in [0.25, 0.3) is 0 Å². The number of aryl methyl sites for hydroxylation is 1. The second-order valence-electron chi connectivity index (χ2n) is 4.60. The molecule has 0 spiro atoms. The van der Waals surface area contributed by atoms with Crippen molar-refractivity contribution in [3.8, 4) is 0 Å². The van der Waals surface area contributed by atoms with E-state index in [2.05, 4.69) is 4.98 Å². The molecule has 1 amide bonds. The molecule has 8 heteroatoms. The third-order valence-electron chi connectivity index (χ3n) is 3.28. The van der Waals surface area contributed by atoms with Gasteiger partial charge in [0, 0.05) is 14.1 Å². The van der Waals surface area contributed by atoms with Crippen LogP contribution in [0.2, 0.25) is 0 Å². The van der Waals surface area contributed by atoms with Crippen molar-refractivity contribution >= 4 is 17.7 Å². The average Bonchev–Trinajstić information content (AvgIpc) is 2.72. The summed E-state index contributed by atoms with van der Waals surface area (Å²) in [5.41, 5.74) is 0.283. The van der Waals surface area contributed by atoms with Gasteiger partial charge in [0.2, 0.25) is 6.35 Å². The number of amides is 1. The summed E-state index contributed by atoms with van der Waals surface area (Å²) < 4.78 is 6.40. The highest BCUT2D eigenvalue weighted by atomic mass is 16.5. The fourth-order valence-corrected chi connectivity index (χ4v) is 2.18. The number of fused-ring (bicyclic) bond motifs is 1. The van der Waals surface area contributed by atoms with Crippen LogP contribution >= 0.6 is 0 Å². The van der Waals surface area contributed by atoms with Crippen LogP contribution in [0, 0.1) is 6.92 Å². The number of aromatic nitrogens is 2. The number of esters is 1. The summed E-state index contributed by atoms with van der Waals surface area (Å²) in [6.07, 6.45) is -1.07. The molecule has 20 heavy (non-hydrogen) atoms. The van der Waals surface area contributed by atoms with E-state index < -0.39 is 12.3 Å². The van der Waals surface area contributed by atoms with Crippen LogP contribution in [0.1, 0.15) is 23.2 Å². The zero-order valence-electron chi connectivity index (χ0n) is 12.0. The highest BCUT2D eigenvalue weighted by molar-refractivity contribution is 5.99. The molecule has 1 N–H and O–H groups in total. The minimum atomic E-state index is -1.07. The van der Waals surface area contributed by atoms with Crippen molar-refractivity contribution < 1.29 is 19.4 Å². The van der Waals surface area contributed by atoms with Crippen LogP contribution in [0.5, 0.6) is 0 Å². The fraction of sp³-hybridized carbons (Fsp3) is 0.583. The number of hydrogen-bond donors (Lipinski definition) is 1. The summed E-state index contributed by atoms with van der Waals surface area (Å²) in [4.78, 5) is 30.8. The Morgan fingerprint density at radius 2 is 2.05 bits per heavy atom. The topological polar surface area (TPSA) is 87.9 Å². The van der Waals surface area contributed by atoms with Gasteiger partial charge in [-0.1, -0.05) is 0 Å². The molecule has 1 unspecified atom stereocenters. The molecule has 1 aromatic heterocycles. The number of ether oxygens (including phenoxy) is 1. The largest absolute Gasteiger partial charge is 0.465 e. The van der Waals surface area contributed by atoms with Crippen LogP contribution in [-0.2, 0) is 16.1 Å². The van der Waals surface area contributed by atoms with Gasteiger partial charge < -0.3 is 19.3 Å². The lowest BCUT2D eigenvalue weighted by Gasteiger charge is -2.36. The van der Waals surface area contributed by atoms with Gasteiger partial charge in [0.1, 0.15) is 12.4 Å². The Balaban J connectivity index is 2.44. The van der Waals surface area contributed by atoms with Crippen LogP contribution in [0.3, 0.4) is 0 Å². The molecule has 2 rings (SSSR count). The Bertz CT molecular complexity index is 554. The van der Waals surface area contributed by atoms with E-state index in [9.17, 15) is 14.7 Å². The number of rotatable bonds is 3. The fourth-order valence-electron chi connectivity index (χ4n) is 2.18. The molecule has 0 saturated carbocycles. The second kappa shape index (κ2) is 5.12. The Hall–Kier alpha value is -2.09. The molecular weight excluding hydrogens is 264 g/mol. The van der Waals surface area contributed by atoms with E-state index in [4.69, 9.17) is 4.74 Å². The molecule has 1 aromatic rings. The molecule has 0 aromatic carbocycles. The first kappa shape index (κ1) is 14.3. The quantitative estimate of drug-likeness (QED) is 0.756. The molecule has 0 bridgehead atoms. The summed E-state index contributed by atoms with van der Waals surface area (Å²) >= 11 is 0. The summed E-state index contributed by atoms with van der Waals surface area (Å²) in [5.74, 6) is 0.0729. The molecule has 0 radical (unpaired) electrons. The minimum absolute atomic E-state index is 0.0779. The normalized spacial score (nSPS) is 18.2. The first-order valence-electron chi connectivity index (χ1n) is 6.29. The summed E-state index contributed by atoms with van der Waals surface area (Å²) in [5, 5.41) is 9.92. The number of aliphatic hydroxyl groups excluding tert-OH is 1. The number of anilines is 1. The van der Waals surface area contributed by atoms with Gasteiger partial charge in [-0.15, -0.1) is 0 Å². The molecule has 8 nitrogen and oxygen atoms in total. The maximum atomic E-state index is 12.3. The predicted molar refractivity (Wildman–Crippen MR) is 70.1 cm³/mol. The number of hydrogen-bond acceptors (Lipinski definition) is 6. The molecule has 1 atom stereocenters. The van der Waals surface area contributed by atoms with E-state index in [-0.39, 0.29) is 24.8 Å². The lowest BCUT2D eigenvalue weighted by molar-refractivity contribution is -0.143. The second-order valence-corrected chi connectivity index (χ2v) is 4.60. The number of carbonyl (C=O) groups is 2. The van der Waals surface area contributed by atoms with Crippen LogP contribution < -0.4 is 4.90 Å². The van der Waals surface area contributed by atoms with E-state index in [0.29, 0.717) is 11.6 Å². The summed E-state index contributed by atoms with van der Waals surface area (Å²) in [6.45, 7) is 3.62. The average molecular weight is 282 g/mol. The zero-order valence-corrected chi connectivity index (χ0v) is 12.0. The Labute approximate surface area is 116 Å². The predicted octanol–water partition coefficient (Wildman–Crippen LogP) is -0.448. The van der Waals surface area contributed by atoms with E-state index in [0.717, 1.165) is 0 Å². The maximum absolute atomic E-state index is 12.3. The van der Waals surface area contributed by atoms with E-state index in [1.165, 1.54) is 21.4 Å². The number of nitrogens with zero attached hydrogens (tertiary/aromatic N) is 4. The van der Waals surface area contributed by atoms with E-state index in [1.807, 2.05) is 0 Å². The number of carbonyl (C=O) groups excluding carboxylic acids is 2. The van der Waals surface area contributed by atoms with Crippen LogP contribution in [0.15, 0.2) is 0 Å². The van der Waals surface area contributed by atoms with Gasteiger partial charge in [0.15, 0.2) is 11.5 Å². The Morgan fingerprint density at radius 1 is 1.40 bits per heavy atom. The molecule has 110 valence electrons. The van der Waals surface area contributed by atoms with Gasteiger partial charge in [-0.2, -0.15) is 0 Å². The van der Waals surface area contributed by atoms with Crippen molar-refractivity contribution in [3.05, 3.63) is 11.5 Å². The van der Waals surface area contributed by atoms with E-state index >= 15 is 0 Å². The lowest BCUT2D eigenvalue weighted by Crippen LogP contribution is -2.52. The van der Waals surface area contributed by atoms with Crippen molar-refractivity contribution in [2.75, 3.05) is 25.6 Å².